The monoisotopic (exact) mass is 346 g/mol. The highest BCUT2D eigenvalue weighted by Gasteiger charge is 2.44. The van der Waals surface area contributed by atoms with Crippen molar-refractivity contribution >= 4 is 5.91 Å². The first-order valence-electron chi connectivity index (χ1n) is 9.47. The summed E-state index contributed by atoms with van der Waals surface area (Å²) in [5.74, 6) is 2.11. The Labute approximate surface area is 148 Å². The van der Waals surface area contributed by atoms with Crippen molar-refractivity contribution in [2.24, 2.45) is 17.8 Å². The average Bonchev–Trinajstić information content (AvgIpc) is 3.25. The molecule has 1 heterocycles. The minimum atomic E-state index is -0.315. The molecule has 2 bridgehead atoms. The van der Waals surface area contributed by atoms with Crippen LogP contribution in [-0.2, 0) is 11.3 Å². The molecule has 2 saturated carbocycles. The Morgan fingerprint density at radius 1 is 1.20 bits per heavy atom. The smallest absolute Gasteiger partial charge is 0.226 e. The van der Waals surface area contributed by atoms with Gasteiger partial charge < -0.3 is 9.64 Å². The Bertz CT molecular complexity index is 643. The maximum Gasteiger partial charge on any atom is 0.226 e. The van der Waals surface area contributed by atoms with Gasteiger partial charge in [-0.1, -0.05) is 12.5 Å². The molecule has 3 fully saturated rings. The lowest BCUT2D eigenvalue weighted by Crippen LogP contribution is -2.50. The maximum absolute atomic E-state index is 13.8. The fourth-order valence-corrected chi connectivity index (χ4v) is 4.97. The summed E-state index contributed by atoms with van der Waals surface area (Å²) in [6, 6.07) is 5.14. The second-order valence-corrected chi connectivity index (χ2v) is 7.85. The standard InChI is InChI=1S/C20H27FN2O2/c1-25-19-5-3-15(12-18(19)21)13-22-6-8-23(9-7-22)20(24)17-11-14-2-4-16(17)10-14/h3,5,12,14,16-17H,2,4,6-11,13H2,1H3/t14-,16-,17-/m0/s1. The quantitative estimate of drug-likeness (QED) is 0.840. The molecule has 1 saturated heterocycles. The molecule has 0 aromatic heterocycles. The minimum Gasteiger partial charge on any atom is -0.494 e. The molecule has 3 aliphatic rings. The third-order valence-corrected chi connectivity index (χ3v) is 6.36. The highest BCUT2D eigenvalue weighted by molar-refractivity contribution is 5.79. The molecule has 136 valence electrons. The predicted octanol–water partition coefficient (Wildman–Crippen LogP) is 2.91. The van der Waals surface area contributed by atoms with Gasteiger partial charge in [-0.2, -0.15) is 0 Å². The maximum atomic E-state index is 13.8. The Balaban J connectivity index is 1.29. The van der Waals surface area contributed by atoms with Gasteiger partial charge >= 0.3 is 0 Å². The van der Waals surface area contributed by atoms with Gasteiger partial charge in [0.2, 0.25) is 5.91 Å². The van der Waals surface area contributed by atoms with Gasteiger partial charge in [0.05, 0.1) is 7.11 Å². The van der Waals surface area contributed by atoms with Gasteiger partial charge in [0.1, 0.15) is 0 Å². The number of hydrogen-bond acceptors (Lipinski definition) is 3. The number of benzene rings is 1. The molecule has 2 aliphatic carbocycles. The number of methoxy groups -OCH3 is 1. The van der Waals surface area contributed by atoms with E-state index in [1.807, 2.05) is 6.07 Å². The molecular weight excluding hydrogens is 319 g/mol. The molecule has 1 aromatic rings. The molecule has 0 unspecified atom stereocenters. The molecule has 4 nitrogen and oxygen atoms in total. The highest BCUT2D eigenvalue weighted by Crippen LogP contribution is 2.48. The van der Waals surface area contributed by atoms with E-state index in [1.165, 1.54) is 26.4 Å². The summed E-state index contributed by atoms with van der Waals surface area (Å²) in [4.78, 5) is 17.2. The van der Waals surface area contributed by atoms with Crippen molar-refractivity contribution in [1.29, 1.82) is 0 Å². The molecule has 0 N–H and O–H groups in total. The minimum absolute atomic E-state index is 0.282. The summed E-state index contributed by atoms with van der Waals surface area (Å²) in [5.41, 5.74) is 0.950. The van der Waals surface area contributed by atoms with Crippen molar-refractivity contribution in [3.8, 4) is 5.75 Å². The first-order valence-corrected chi connectivity index (χ1v) is 9.47. The Morgan fingerprint density at radius 2 is 2.00 bits per heavy atom. The lowest BCUT2D eigenvalue weighted by molar-refractivity contribution is -0.139. The second kappa shape index (κ2) is 6.94. The summed E-state index contributed by atoms with van der Waals surface area (Å²) in [6.07, 6.45) is 4.99. The van der Waals surface area contributed by atoms with Gasteiger partial charge in [0, 0.05) is 38.6 Å². The van der Waals surface area contributed by atoms with Gasteiger partial charge in [0.15, 0.2) is 11.6 Å². The molecule has 4 rings (SSSR count). The van der Waals surface area contributed by atoms with Gasteiger partial charge in [-0.3, -0.25) is 9.69 Å². The number of rotatable bonds is 4. The molecule has 0 radical (unpaired) electrons. The zero-order chi connectivity index (χ0) is 17.4. The predicted molar refractivity (Wildman–Crippen MR) is 93.7 cm³/mol. The molecule has 25 heavy (non-hydrogen) atoms. The summed E-state index contributed by atoms with van der Waals surface area (Å²) < 4.78 is 18.8. The van der Waals surface area contributed by atoms with Crippen molar-refractivity contribution in [2.75, 3.05) is 33.3 Å². The second-order valence-electron chi connectivity index (χ2n) is 7.85. The van der Waals surface area contributed by atoms with Crippen LogP contribution in [0.15, 0.2) is 18.2 Å². The van der Waals surface area contributed by atoms with Gasteiger partial charge in [0.25, 0.3) is 0 Å². The number of ether oxygens (including phenoxy) is 1. The van der Waals surface area contributed by atoms with E-state index in [9.17, 15) is 9.18 Å². The summed E-state index contributed by atoms with van der Waals surface area (Å²) >= 11 is 0. The zero-order valence-electron chi connectivity index (χ0n) is 14.9. The fraction of sp³-hybridized carbons (Fsp3) is 0.650. The number of amides is 1. The van der Waals surface area contributed by atoms with Crippen LogP contribution >= 0.6 is 0 Å². The van der Waals surface area contributed by atoms with E-state index in [2.05, 4.69) is 9.80 Å². The third kappa shape index (κ3) is 3.39. The van der Waals surface area contributed by atoms with Crippen molar-refractivity contribution < 1.29 is 13.9 Å². The summed E-state index contributed by atoms with van der Waals surface area (Å²) in [7, 11) is 1.48. The number of nitrogens with zero attached hydrogens (tertiary/aromatic N) is 2. The molecule has 1 aromatic carbocycles. The third-order valence-electron chi connectivity index (χ3n) is 6.36. The normalized spacial score (nSPS) is 29.2. The van der Waals surface area contributed by atoms with Crippen LogP contribution in [0.5, 0.6) is 5.75 Å². The van der Waals surface area contributed by atoms with E-state index in [1.54, 1.807) is 12.1 Å². The Kier molecular flexibility index (Phi) is 4.67. The van der Waals surface area contributed by atoms with Crippen LogP contribution in [0.3, 0.4) is 0 Å². The van der Waals surface area contributed by atoms with Gasteiger partial charge in [-0.15, -0.1) is 0 Å². The molecular formula is C20H27FN2O2. The number of hydrogen-bond donors (Lipinski definition) is 0. The van der Waals surface area contributed by atoms with Crippen molar-refractivity contribution in [3.63, 3.8) is 0 Å². The first-order chi connectivity index (χ1) is 12.1. The lowest BCUT2D eigenvalue weighted by Gasteiger charge is -2.37. The van der Waals surface area contributed by atoms with Crippen LogP contribution in [0.4, 0.5) is 4.39 Å². The Hall–Kier alpha value is -1.62. The average molecular weight is 346 g/mol. The topological polar surface area (TPSA) is 32.8 Å². The largest absolute Gasteiger partial charge is 0.494 e. The molecule has 1 amide bonds. The zero-order valence-corrected chi connectivity index (χ0v) is 14.9. The van der Waals surface area contributed by atoms with Crippen molar-refractivity contribution in [1.82, 2.24) is 9.80 Å². The van der Waals surface area contributed by atoms with Gasteiger partial charge in [-0.05, 0) is 48.8 Å². The number of fused-ring (bicyclic) bond motifs is 2. The molecule has 5 heteroatoms. The van der Waals surface area contributed by atoms with Crippen LogP contribution in [-0.4, -0.2) is 49.0 Å². The Morgan fingerprint density at radius 3 is 2.60 bits per heavy atom. The molecule has 3 atom stereocenters. The highest BCUT2D eigenvalue weighted by atomic mass is 19.1. The number of carbonyl (C=O) groups is 1. The van der Waals surface area contributed by atoms with Crippen LogP contribution < -0.4 is 4.74 Å². The van der Waals surface area contributed by atoms with Crippen molar-refractivity contribution in [2.45, 2.75) is 32.2 Å². The lowest BCUT2D eigenvalue weighted by atomic mass is 9.87. The number of halogens is 1. The van der Waals surface area contributed by atoms with Crippen LogP contribution in [0.25, 0.3) is 0 Å². The fourth-order valence-electron chi connectivity index (χ4n) is 4.97. The van der Waals surface area contributed by atoms with Gasteiger partial charge in [-0.25, -0.2) is 4.39 Å². The van der Waals surface area contributed by atoms with E-state index in [-0.39, 0.29) is 11.6 Å². The van der Waals surface area contributed by atoms with E-state index in [0.29, 0.717) is 17.7 Å². The molecule has 1 aliphatic heterocycles. The van der Waals surface area contributed by atoms with E-state index in [0.717, 1.165) is 50.6 Å². The first kappa shape index (κ1) is 16.8. The van der Waals surface area contributed by atoms with E-state index < -0.39 is 0 Å². The van der Waals surface area contributed by atoms with E-state index in [4.69, 9.17) is 4.74 Å². The molecule has 0 spiro atoms. The number of piperazine rings is 1. The summed E-state index contributed by atoms with van der Waals surface area (Å²) in [6.45, 7) is 4.04. The van der Waals surface area contributed by atoms with Crippen LogP contribution in [0.1, 0.15) is 31.2 Å². The SMILES string of the molecule is COc1ccc(CN2CCN(C(=O)[C@H]3C[C@H]4CC[C@H]3C4)CC2)cc1F. The number of carbonyl (C=O) groups excluding carboxylic acids is 1. The van der Waals surface area contributed by atoms with Crippen LogP contribution in [0.2, 0.25) is 0 Å². The van der Waals surface area contributed by atoms with E-state index >= 15 is 0 Å². The van der Waals surface area contributed by atoms with Crippen LogP contribution in [0, 0.1) is 23.6 Å². The summed E-state index contributed by atoms with van der Waals surface area (Å²) in [5, 5.41) is 0. The van der Waals surface area contributed by atoms with Crippen molar-refractivity contribution in [3.05, 3.63) is 29.6 Å².